The molecule has 132 valence electrons. The van der Waals surface area contributed by atoms with Crippen molar-refractivity contribution in [1.82, 2.24) is 10.3 Å². The highest BCUT2D eigenvalue weighted by Gasteiger charge is 2.14. The quantitative estimate of drug-likeness (QED) is 0.641. The molecule has 0 unspecified atom stereocenters. The number of carbonyl (C=O) groups is 2. The molecular formula is C20H19N3O3. The maximum Gasteiger partial charge on any atom is 0.302 e. The SMILES string of the molecule is O=C(Nc1nc(C(=O)NCCCc2ccccc2)co1)c1ccccc1. The summed E-state index contributed by atoms with van der Waals surface area (Å²) in [7, 11) is 0. The fraction of sp³-hybridized carbons (Fsp3) is 0.150. The molecule has 0 bridgehead atoms. The molecule has 0 saturated heterocycles. The number of nitrogens with zero attached hydrogens (tertiary/aromatic N) is 1. The van der Waals surface area contributed by atoms with E-state index in [4.69, 9.17) is 4.42 Å². The lowest BCUT2D eigenvalue weighted by Crippen LogP contribution is -2.25. The lowest BCUT2D eigenvalue weighted by molar-refractivity contribution is 0.0947. The molecule has 0 saturated carbocycles. The molecule has 1 heterocycles. The van der Waals surface area contributed by atoms with Crippen molar-refractivity contribution in [2.24, 2.45) is 0 Å². The average molecular weight is 349 g/mol. The highest BCUT2D eigenvalue weighted by atomic mass is 16.4. The van der Waals surface area contributed by atoms with Crippen molar-refractivity contribution in [2.75, 3.05) is 11.9 Å². The number of hydrogen-bond donors (Lipinski definition) is 2. The topological polar surface area (TPSA) is 84.2 Å². The Morgan fingerprint density at radius 2 is 1.62 bits per heavy atom. The van der Waals surface area contributed by atoms with Gasteiger partial charge in [0, 0.05) is 12.1 Å². The van der Waals surface area contributed by atoms with Gasteiger partial charge in [0.05, 0.1) is 0 Å². The summed E-state index contributed by atoms with van der Waals surface area (Å²) in [5.41, 5.74) is 1.85. The van der Waals surface area contributed by atoms with Crippen LogP contribution in [0.4, 0.5) is 6.01 Å². The van der Waals surface area contributed by atoms with Gasteiger partial charge in [0.1, 0.15) is 6.26 Å². The Morgan fingerprint density at radius 1 is 0.923 bits per heavy atom. The minimum atomic E-state index is -0.345. The molecule has 2 aromatic carbocycles. The smallest absolute Gasteiger partial charge is 0.302 e. The third-order valence-corrected chi connectivity index (χ3v) is 3.76. The van der Waals surface area contributed by atoms with Gasteiger partial charge in [-0.2, -0.15) is 4.98 Å². The van der Waals surface area contributed by atoms with Gasteiger partial charge in [-0.3, -0.25) is 14.9 Å². The van der Waals surface area contributed by atoms with E-state index in [0.717, 1.165) is 12.8 Å². The Balaban J connectivity index is 1.46. The van der Waals surface area contributed by atoms with Gasteiger partial charge in [-0.25, -0.2) is 0 Å². The van der Waals surface area contributed by atoms with Gasteiger partial charge in [-0.15, -0.1) is 0 Å². The molecule has 6 nitrogen and oxygen atoms in total. The van der Waals surface area contributed by atoms with Crippen molar-refractivity contribution in [3.05, 3.63) is 83.7 Å². The van der Waals surface area contributed by atoms with Crippen LogP contribution in [0.25, 0.3) is 0 Å². The van der Waals surface area contributed by atoms with Crippen LogP contribution in [0.3, 0.4) is 0 Å². The number of oxazole rings is 1. The van der Waals surface area contributed by atoms with Gasteiger partial charge in [0.15, 0.2) is 5.69 Å². The van der Waals surface area contributed by atoms with Crippen LogP contribution in [-0.2, 0) is 6.42 Å². The molecular weight excluding hydrogens is 330 g/mol. The highest BCUT2D eigenvalue weighted by molar-refractivity contribution is 6.03. The van der Waals surface area contributed by atoms with Gasteiger partial charge >= 0.3 is 6.01 Å². The molecule has 0 fully saturated rings. The Hall–Kier alpha value is -3.41. The van der Waals surface area contributed by atoms with E-state index < -0.39 is 0 Å². The van der Waals surface area contributed by atoms with Crippen LogP contribution in [0.2, 0.25) is 0 Å². The van der Waals surface area contributed by atoms with E-state index in [9.17, 15) is 9.59 Å². The van der Waals surface area contributed by atoms with Crippen molar-refractivity contribution < 1.29 is 14.0 Å². The van der Waals surface area contributed by atoms with E-state index in [1.165, 1.54) is 11.8 Å². The van der Waals surface area contributed by atoms with Crippen LogP contribution in [0.5, 0.6) is 0 Å². The summed E-state index contributed by atoms with van der Waals surface area (Å²) >= 11 is 0. The summed E-state index contributed by atoms with van der Waals surface area (Å²) in [6, 6.07) is 18.8. The van der Waals surface area contributed by atoms with Gasteiger partial charge in [0.2, 0.25) is 0 Å². The molecule has 26 heavy (non-hydrogen) atoms. The summed E-state index contributed by atoms with van der Waals surface area (Å²) < 4.78 is 5.15. The number of amides is 2. The number of anilines is 1. The van der Waals surface area contributed by atoms with Crippen LogP contribution in [0, 0.1) is 0 Å². The molecule has 0 spiro atoms. The predicted molar refractivity (Wildman–Crippen MR) is 98.0 cm³/mol. The number of aromatic nitrogens is 1. The average Bonchev–Trinajstić information content (AvgIpc) is 3.15. The van der Waals surface area contributed by atoms with Crippen molar-refractivity contribution in [2.45, 2.75) is 12.8 Å². The molecule has 3 aromatic rings. The van der Waals surface area contributed by atoms with E-state index >= 15 is 0 Å². The molecule has 2 N–H and O–H groups in total. The molecule has 0 radical (unpaired) electrons. The van der Waals surface area contributed by atoms with Gasteiger partial charge in [-0.05, 0) is 30.5 Å². The van der Waals surface area contributed by atoms with Crippen molar-refractivity contribution in [3.63, 3.8) is 0 Å². The molecule has 0 aliphatic carbocycles. The molecule has 0 atom stereocenters. The van der Waals surface area contributed by atoms with Crippen LogP contribution in [0.1, 0.15) is 32.8 Å². The Labute approximate surface area is 151 Å². The van der Waals surface area contributed by atoms with E-state index in [1.807, 2.05) is 24.3 Å². The number of hydrogen-bond acceptors (Lipinski definition) is 4. The number of aryl methyl sites for hydroxylation is 1. The van der Waals surface area contributed by atoms with Crippen molar-refractivity contribution in [3.8, 4) is 0 Å². The van der Waals surface area contributed by atoms with E-state index in [1.54, 1.807) is 24.3 Å². The summed E-state index contributed by atoms with van der Waals surface area (Å²) in [6.45, 7) is 0.534. The first-order chi connectivity index (χ1) is 12.7. The number of carbonyl (C=O) groups excluding carboxylic acids is 2. The third-order valence-electron chi connectivity index (χ3n) is 3.76. The second kappa shape index (κ2) is 8.62. The first-order valence-electron chi connectivity index (χ1n) is 8.36. The lowest BCUT2D eigenvalue weighted by Gasteiger charge is -2.03. The molecule has 3 rings (SSSR count). The van der Waals surface area contributed by atoms with Crippen LogP contribution in [0.15, 0.2) is 71.3 Å². The highest BCUT2D eigenvalue weighted by Crippen LogP contribution is 2.10. The monoisotopic (exact) mass is 349 g/mol. The second-order valence-corrected chi connectivity index (χ2v) is 5.70. The standard InChI is InChI=1S/C20H19N3O3/c24-18(16-11-5-2-6-12-16)23-20-22-17(14-26-20)19(25)21-13-7-10-15-8-3-1-4-9-15/h1-6,8-9,11-12,14H,7,10,13H2,(H,21,25)(H,22,23,24). The van der Waals surface area contributed by atoms with Gasteiger partial charge < -0.3 is 9.73 Å². The maximum absolute atomic E-state index is 12.1. The first-order valence-corrected chi connectivity index (χ1v) is 8.36. The van der Waals surface area contributed by atoms with E-state index in [0.29, 0.717) is 12.1 Å². The van der Waals surface area contributed by atoms with Crippen molar-refractivity contribution in [1.29, 1.82) is 0 Å². The summed E-state index contributed by atoms with van der Waals surface area (Å²) in [6.07, 6.45) is 2.94. The molecule has 0 aliphatic heterocycles. The molecule has 2 amide bonds. The number of rotatable bonds is 7. The maximum atomic E-state index is 12.1. The molecule has 1 aromatic heterocycles. The zero-order chi connectivity index (χ0) is 18.2. The van der Waals surface area contributed by atoms with Crippen molar-refractivity contribution >= 4 is 17.8 Å². The molecule has 6 heteroatoms. The molecule has 0 aliphatic rings. The predicted octanol–water partition coefficient (Wildman–Crippen LogP) is 3.29. The van der Waals surface area contributed by atoms with Gasteiger partial charge in [0.25, 0.3) is 11.8 Å². The van der Waals surface area contributed by atoms with Gasteiger partial charge in [-0.1, -0.05) is 48.5 Å². The minimum absolute atomic E-state index is 0.00621. The summed E-state index contributed by atoms with van der Waals surface area (Å²) in [5.74, 6) is -0.677. The largest absolute Gasteiger partial charge is 0.431 e. The van der Waals surface area contributed by atoms with Crippen LogP contribution < -0.4 is 10.6 Å². The first kappa shape index (κ1) is 17.4. The van der Waals surface area contributed by atoms with Crippen LogP contribution >= 0.6 is 0 Å². The fourth-order valence-electron chi connectivity index (χ4n) is 2.42. The Morgan fingerprint density at radius 3 is 2.35 bits per heavy atom. The Kier molecular flexibility index (Phi) is 5.77. The Bertz CT molecular complexity index is 860. The zero-order valence-corrected chi connectivity index (χ0v) is 14.1. The zero-order valence-electron chi connectivity index (χ0n) is 14.1. The summed E-state index contributed by atoms with van der Waals surface area (Å²) in [5, 5.41) is 5.32. The number of nitrogens with one attached hydrogen (secondary N) is 2. The fourth-order valence-corrected chi connectivity index (χ4v) is 2.42. The minimum Gasteiger partial charge on any atom is -0.431 e. The summed E-state index contributed by atoms with van der Waals surface area (Å²) in [4.78, 5) is 28.1. The van der Waals surface area contributed by atoms with E-state index in [2.05, 4.69) is 27.8 Å². The normalized spacial score (nSPS) is 10.3. The second-order valence-electron chi connectivity index (χ2n) is 5.70. The van der Waals surface area contributed by atoms with E-state index in [-0.39, 0.29) is 23.5 Å². The third kappa shape index (κ3) is 4.80. The van der Waals surface area contributed by atoms with Crippen LogP contribution in [-0.4, -0.2) is 23.3 Å². The lowest BCUT2D eigenvalue weighted by atomic mass is 10.1. The number of benzene rings is 2.